The minimum Gasteiger partial charge on any atom is -0.338 e. The van der Waals surface area contributed by atoms with Crippen LogP contribution in [-0.4, -0.2) is 63.0 Å². The predicted molar refractivity (Wildman–Crippen MR) is 123 cm³/mol. The number of aromatic nitrogens is 2. The fourth-order valence-corrected chi connectivity index (χ4v) is 3.72. The second-order valence-corrected chi connectivity index (χ2v) is 8.16. The number of hydrogen-bond acceptors (Lipinski definition) is 8. The maximum atomic E-state index is 12.6. The predicted octanol–water partition coefficient (Wildman–Crippen LogP) is 3.10. The van der Waals surface area contributed by atoms with Gasteiger partial charge in [0, 0.05) is 49.6 Å². The molecular formula is C23H26N6O4. The van der Waals surface area contributed by atoms with Crippen LogP contribution in [0.4, 0.5) is 11.4 Å². The molecule has 0 aliphatic carbocycles. The number of piperazine rings is 1. The molecule has 0 unspecified atom stereocenters. The van der Waals surface area contributed by atoms with Crippen molar-refractivity contribution in [3.63, 3.8) is 0 Å². The quantitative estimate of drug-likeness (QED) is 0.431. The van der Waals surface area contributed by atoms with Gasteiger partial charge in [-0.1, -0.05) is 35.0 Å². The molecule has 2 heterocycles. The van der Waals surface area contributed by atoms with E-state index in [9.17, 15) is 14.9 Å². The molecule has 33 heavy (non-hydrogen) atoms. The normalized spacial score (nSPS) is 15.8. The Morgan fingerprint density at radius 2 is 1.79 bits per heavy atom. The van der Waals surface area contributed by atoms with E-state index in [1.54, 1.807) is 0 Å². The van der Waals surface area contributed by atoms with E-state index in [4.69, 9.17) is 4.52 Å². The highest BCUT2D eigenvalue weighted by Crippen LogP contribution is 2.19. The number of nitrogens with one attached hydrogen (secondary N) is 1. The highest BCUT2D eigenvalue weighted by molar-refractivity contribution is 5.94. The van der Waals surface area contributed by atoms with Crippen molar-refractivity contribution >= 4 is 17.3 Å². The average Bonchev–Trinajstić information content (AvgIpc) is 3.28. The molecule has 1 saturated heterocycles. The van der Waals surface area contributed by atoms with Crippen LogP contribution in [0.15, 0.2) is 53.1 Å². The molecule has 0 bridgehead atoms. The van der Waals surface area contributed by atoms with Gasteiger partial charge in [0.05, 0.1) is 17.5 Å². The molecule has 0 radical (unpaired) electrons. The zero-order valence-electron chi connectivity index (χ0n) is 18.6. The van der Waals surface area contributed by atoms with Crippen LogP contribution in [0.5, 0.6) is 0 Å². The van der Waals surface area contributed by atoms with Crippen LogP contribution in [0.3, 0.4) is 0 Å². The van der Waals surface area contributed by atoms with Crippen molar-refractivity contribution in [2.45, 2.75) is 26.4 Å². The van der Waals surface area contributed by atoms with Crippen molar-refractivity contribution in [1.82, 2.24) is 19.9 Å². The standard InChI is InChI=1S/C23H26N6O4/c1-16-3-5-18(6-4-16)22-25-21(33-26-22)15-27-11-13-28(14-12-27)17(2)23(30)24-19-7-9-20(10-8-19)29(31)32/h3-10,17H,11-15H2,1-2H3,(H,24,30)/t17-/m1/s1. The molecule has 172 valence electrons. The molecule has 1 fully saturated rings. The van der Waals surface area contributed by atoms with E-state index in [1.165, 1.54) is 29.8 Å². The van der Waals surface area contributed by atoms with Gasteiger partial charge in [0.2, 0.25) is 17.6 Å². The van der Waals surface area contributed by atoms with E-state index in [0.717, 1.165) is 31.7 Å². The van der Waals surface area contributed by atoms with E-state index in [2.05, 4.69) is 25.3 Å². The topological polar surface area (TPSA) is 118 Å². The van der Waals surface area contributed by atoms with E-state index >= 15 is 0 Å². The number of aryl methyl sites for hydroxylation is 1. The lowest BCUT2D eigenvalue weighted by atomic mass is 10.1. The molecule has 1 atom stereocenters. The molecule has 10 nitrogen and oxygen atoms in total. The SMILES string of the molecule is Cc1ccc(-c2noc(CN3CCN([C@H](C)C(=O)Nc4ccc([N+](=O)[O-])cc4)CC3)n2)cc1. The second kappa shape index (κ2) is 9.88. The fraction of sp³-hybridized carbons (Fsp3) is 0.348. The van der Waals surface area contributed by atoms with Gasteiger partial charge in [0.15, 0.2) is 0 Å². The van der Waals surface area contributed by atoms with Crippen LogP contribution in [0.25, 0.3) is 11.4 Å². The summed E-state index contributed by atoms with van der Waals surface area (Å²) in [5.74, 6) is 1.01. The van der Waals surface area contributed by atoms with Gasteiger partial charge in [-0.25, -0.2) is 0 Å². The van der Waals surface area contributed by atoms with Gasteiger partial charge in [-0.2, -0.15) is 4.98 Å². The lowest BCUT2D eigenvalue weighted by Crippen LogP contribution is -2.52. The van der Waals surface area contributed by atoms with Crippen LogP contribution in [0, 0.1) is 17.0 Å². The number of carbonyl (C=O) groups excluding carboxylic acids is 1. The van der Waals surface area contributed by atoms with Crippen LogP contribution in [0.1, 0.15) is 18.4 Å². The average molecular weight is 450 g/mol. The minimum absolute atomic E-state index is 0.00981. The molecule has 10 heteroatoms. The number of benzene rings is 2. The van der Waals surface area contributed by atoms with Crippen LogP contribution >= 0.6 is 0 Å². The summed E-state index contributed by atoms with van der Waals surface area (Å²) < 4.78 is 5.43. The van der Waals surface area contributed by atoms with Crippen molar-refractivity contribution < 1.29 is 14.2 Å². The Balaban J connectivity index is 1.26. The molecule has 1 aromatic heterocycles. The van der Waals surface area contributed by atoms with Gasteiger partial charge in [0.1, 0.15) is 0 Å². The number of nitro benzene ring substituents is 1. The summed E-state index contributed by atoms with van der Waals surface area (Å²) in [5, 5.41) is 17.7. The zero-order chi connectivity index (χ0) is 23.4. The smallest absolute Gasteiger partial charge is 0.269 e. The lowest BCUT2D eigenvalue weighted by molar-refractivity contribution is -0.384. The van der Waals surface area contributed by atoms with Gasteiger partial charge in [0.25, 0.3) is 5.69 Å². The second-order valence-electron chi connectivity index (χ2n) is 8.16. The third-order valence-corrected chi connectivity index (χ3v) is 5.82. The molecule has 1 amide bonds. The number of rotatable bonds is 7. The summed E-state index contributed by atoms with van der Waals surface area (Å²) in [7, 11) is 0. The first-order valence-electron chi connectivity index (χ1n) is 10.8. The van der Waals surface area contributed by atoms with Crippen LogP contribution in [0.2, 0.25) is 0 Å². The molecule has 2 aromatic carbocycles. The van der Waals surface area contributed by atoms with E-state index in [1.807, 2.05) is 38.1 Å². The number of nitro groups is 1. The van der Waals surface area contributed by atoms with E-state index < -0.39 is 4.92 Å². The number of carbonyl (C=O) groups is 1. The molecule has 0 spiro atoms. The minimum atomic E-state index is -0.467. The van der Waals surface area contributed by atoms with Crippen molar-refractivity contribution in [3.05, 3.63) is 70.1 Å². The maximum absolute atomic E-state index is 12.6. The Bertz CT molecular complexity index is 1100. The van der Waals surface area contributed by atoms with E-state index in [0.29, 0.717) is 23.9 Å². The lowest BCUT2D eigenvalue weighted by Gasteiger charge is -2.36. The molecule has 4 rings (SSSR count). The molecule has 0 saturated carbocycles. The largest absolute Gasteiger partial charge is 0.338 e. The van der Waals surface area contributed by atoms with Gasteiger partial charge >= 0.3 is 0 Å². The third-order valence-electron chi connectivity index (χ3n) is 5.82. The van der Waals surface area contributed by atoms with Gasteiger partial charge < -0.3 is 9.84 Å². The van der Waals surface area contributed by atoms with Crippen LogP contribution in [-0.2, 0) is 11.3 Å². The Kier molecular flexibility index (Phi) is 6.76. The highest BCUT2D eigenvalue weighted by atomic mass is 16.6. The third kappa shape index (κ3) is 5.60. The van der Waals surface area contributed by atoms with Crippen molar-refractivity contribution in [3.8, 4) is 11.4 Å². The summed E-state index contributed by atoms with van der Waals surface area (Å²) >= 11 is 0. The van der Waals surface area contributed by atoms with Crippen molar-refractivity contribution in [2.75, 3.05) is 31.5 Å². The Morgan fingerprint density at radius 3 is 2.42 bits per heavy atom. The summed E-state index contributed by atoms with van der Waals surface area (Å²) in [6.07, 6.45) is 0. The molecule has 1 aliphatic rings. The monoisotopic (exact) mass is 450 g/mol. The number of hydrogen-bond donors (Lipinski definition) is 1. The fourth-order valence-electron chi connectivity index (χ4n) is 3.72. The van der Waals surface area contributed by atoms with Crippen molar-refractivity contribution in [1.29, 1.82) is 0 Å². The van der Waals surface area contributed by atoms with Gasteiger partial charge in [-0.05, 0) is 26.0 Å². The number of anilines is 1. The molecule has 1 aliphatic heterocycles. The first-order chi connectivity index (χ1) is 15.9. The number of nitrogens with zero attached hydrogens (tertiary/aromatic N) is 5. The Labute approximate surface area is 191 Å². The van der Waals surface area contributed by atoms with Gasteiger partial charge in [-0.15, -0.1) is 0 Å². The number of amides is 1. The summed E-state index contributed by atoms with van der Waals surface area (Å²) in [6.45, 7) is 7.47. The molecular weight excluding hydrogens is 424 g/mol. The Hall–Kier alpha value is -3.63. The summed E-state index contributed by atoms with van der Waals surface area (Å²) in [5.41, 5.74) is 2.63. The summed E-state index contributed by atoms with van der Waals surface area (Å²) in [6, 6.07) is 13.5. The highest BCUT2D eigenvalue weighted by Gasteiger charge is 2.26. The Morgan fingerprint density at radius 1 is 1.12 bits per heavy atom. The molecule has 3 aromatic rings. The van der Waals surface area contributed by atoms with E-state index in [-0.39, 0.29) is 17.6 Å². The van der Waals surface area contributed by atoms with Crippen LogP contribution < -0.4 is 5.32 Å². The number of non-ortho nitro benzene ring substituents is 1. The zero-order valence-corrected chi connectivity index (χ0v) is 18.6. The summed E-state index contributed by atoms with van der Waals surface area (Å²) in [4.78, 5) is 31.8. The maximum Gasteiger partial charge on any atom is 0.269 e. The first-order valence-corrected chi connectivity index (χ1v) is 10.8. The first kappa shape index (κ1) is 22.6. The molecule has 1 N–H and O–H groups in total. The van der Waals surface area contributed by atoms with Crippen molar-refractivity contribution in [2.24, 2.45) is 0 Å². The van der Waals surface area contributed by atoms with Gasteiger partial charge in [-0.3, -0.25) is 24.7 Å².